The van der Waals surface area contributed by atoms with Crippen molar-refractivity contribution < 1.29 is 4.74 Å². The Morgan fingerprint density at radius 3 is 2.60 bits per heavy atom. The number of hydrogen-bond acceptors (Lipinski definition) is 3. The van der Waals surface area contributed by atoms with Crippen molar-refractivity contribution in [2.45, 2.75) is 0 Å². The fraction of sp³-hybridized carbons (Fsp3) is 0. The van der Waals surface area contributed by atoms with E-state index in [1.165, 1.54) is 0 Å². The van der Waals surface area contributed by atoms with Gasteiger partial charge in [0.05, 0.1) is 5.69 Å². The minimum Gasteiger partial charge on any atom is -0.437 e. The van der Waals surface area contributed by atoms with E-state index < -0.39 is 0 Å². The lowest BCUT2D eigenvalue weighted by atomic mass is 10.3. The molecule has 0 spiro atoms. The smallest absolute Gasteiger partial charge is 0.242 e. The van der Waals surface area contributed by atoms with Gasteiger partial charge in [-0.05, 0) is 34.1 Å². The number of nitrogens with two attached hydrogens (primary N) is 1. The van der Waals surface area contributed by atoms with Gasteiger partial charge in [0.15, 0.2) is 0 Å². The molecule has 0 unspecified atom stereocenters. The minimum atomic E-state index is 0.421. The molecule has 0 atom stereocenters. The second kappa shape index (κ2) is 4.31. The predicted octanol–water partition coefficient (Wildman–Crippen LogP) is 3.22. The summed E-state index contributed by atoms with van der Waals surface area (Å²) < 4.78 is 6.34. The van der Waals surface area contributed by atoms with Gasteiger partial charge in [-0.15, -0.1) is 0 Å². The zero-order valence-electron chi connectivity index (χ0n) is 7.85. The highest BCUT2D eigenvalue weighted by atomic mass is 79.9. The molecule has 0 fully saturated rings. The Morgan fingerprint density at radius 2 is 1.93 bits per heavy atom. The normalized spacial score (nSPS) is 9.93. The fourth-order valence-electron chi connectivity index (χ4n) is 1.13. The number of hydrogen-bond donors (Lipinski definition) is 1. The lowest BCUT2D eigenvalue weighted by molar-refractivity contribution is 0.465. The molecule has 1 aromatic heterocycles. The van der Waals surface area contributed by atoms with E-state index in [2.05, 4.69) is 20.9 Å². The Kier molecular flexibility index (Phi) is 2.87. The van der Waals surface area contributed by atoms with Gasteiger partial charge in [0.1, 0.15) is 5.75 Å². The number of rotatable bonds is 2. The maximum Gasteiger partial charge on any atom is 0.242 e. The Hall–Kier alpha value is -1.55. The fourth-order valence-corrected chi connectivity index (χ4v) is 1.48. The van der Waals surface area contributed by atoms with E-state index in [9.17, 15) is 0 Å². The third kappa shape index (κ3) is 2.47. The average molecular weight is 265 g/mol. The standard InChI is InChI=1S/C11H9BrN2O/c12-8-6-10(13)11(14-7-8)15-9-4-2-1-3-5-9/h1-7H,13H2. The van der Waals surface area contributed by atoms with Crippen LogP contribution in [0.2, 0.25) is 0 Å². The zero-order chi connectivity index (χ0) is 10.7. The first kappa shape index (κ1) is 9.98. The third-order valence-electron chi connectivity index (χ3n) is 1.80. The van der Waals surface area contributed by atoms with Gasteiger partial charge < -0.3 is 10.5 Å². The van der Waals surface area contributed by atoms with E-state index in [1.807, 2.05) is 30.3 Å². The van der Waals surface area contributed by atoms with Crippen molar-refractivity contribution in [3.8, 4) is 11.6 Å². The SMILES string of the molecule is Nc1cc(Br)cnc1Oc1ccccc1. The van der Waals surface area contributed by atoms with E-state index in [0.717, 1.165) is 10.2 Å². The van der Waals surface area contributed by atoms with Crippen molar-refractivity contribution in [3.05, 3.63) is 47.1 Å². The van der Waals surface area contributed by atoms with Crippen molar-refractivity contribution >= 4 is 21.6 Å². The highest BCUT2D eigenvalue weighted by molar-refractivity contribution is 9.10. The highest BCUT2D eigenvalue weighted by Gasteiger charge is 2.03. The van der Waals surface area contributed by atoms with Gasteiger partial charge in [-0.3, -0.25) is 0 Å². The molecule has 0 radical (unpaired) electrons. The lowest BCUT2D eigenvalue weighted by Gasteiger charge is -2.06. The van der Waals surface area contributed by atoms with E-state index in [4.69, 9.17) is 10.5 Å². The van der Waals surface area contributed by atoms with Crippen molar-refractivity contribution in [2.75, 3.05) is 5.73 Å². The topological polar surface area (TPSA) is 48.1 Å². The Balaban J connectivity index is 2.25. The van der Waals surface area contributed by atoms with Crippen LogP contribution in [0.4, 0.5) is 5.69 Å². The molecule has 2 rings (SSSR count). The summed E-state index contributed by atoms with van der Waals surface area (Å²) in [5, 5.41) is 0. The number of ether oxygens (including phenoxy) is 1. The molecule has 0 aliphatic carbocycles. The largest absolute Gasteiger partial charge is 0.437 e. The first-order valence-corrected chi connectivity index (χ1v) is 5.19. The summed E-state index contributed by atoms with van der Waals surface area (Å²) in [7, 11) is 0. The number of pyridine rings is 1. The van der Waals surface area contributed by atoms with Gasteiger partial charge in [-0.1, -0.05) is 18.2 Å². The Labute approximate surface area is 96.0 Å². The summed E-state index contributed by atoms with van der Waals surface area (Å²) >= 11 is 3.28. The maximum absolute atomic E-state index is 5.75. The molecule has 0 aliphatic heterocycles. The summed E-state index contributed by atoms with van der Waals surface area (Å²) in [6.45, 7) is 0. The molecule has 76 valence electrons. The van der Waals surface area contributed by atoms with Crippen LogP contribution in [-0.2, 0) is 0 Å². The average Bonchev–Trinajstić information content (AvgIpc) is 2.24. The summed E-state index contributed by atoms with van der Waals surface area (Å²) in [5.41, 5.74) is 6.26. The van der Waals surface area contributed by atoms with Gasteiger partial charge in [0, 0.05) is 10.7 Å². The van der Waals surface area contributed by atoms with Crippen molar-refractivity contribution in [1.29, 1.82) is 0 Å². The quantitative estimate of drug-likeness (QED) is 0.906. The van der Waals surface area contributed by atoms with Crippen LogP contribution in [0.5, 0.6) is 11.6 Å². The molecule has 1 aromatic carbocycles. The number of nitrogens with zero attached hydrogens (tertiary/aromatic N) is 1. The van der Waals surface area contributed by atoms with Crippen LogP contribution in [0.25, 0.3) is 0 Å². The molecule has 0 amide bonds. The number of benzene rings is 1. The molecule has 0 saturated carbocycles. The molecular formula is C11H9BrN2O. The molecule has 0 bridgehead atoms. The summed E-state index contributed by atoms with van der Waals surface area (Å²) in [5.74, 6) is 1.14. The first-order chi connectivity index (χ1) is 7.25. The summed E-state index contributed by atoms with van der Waals surface area (Å²) in [4.78, 5) is 4.08. The van der Waals surface area contributed by atoms with Crippen LogP contribution >= 0.6 is 15.9 Å². The maximum atomic E-state index is 5.75. The first-order valence-electron chi connectivity index (χ1n) is 4.39. The van der Waals surface area contributed by atoms with Crippen LogP contribution in [0.3, 0.4) is 0 Å². The Bertz CT molecular complexity index is 459. The molecule has 3 nitrogen and oxygen atoms in total. The van der Waals surface area contributed by atoms with Gasteiger partial charge in [-0.2, -0.15) is 0 Å². The van der Waals surface area contributed by atoms with Gasteiger partial charge in [0.25, 0.3) is 0 Å². The molecule has 0 aliphatic rings. The van der Waals surface area contributed by atoms with Crippen LogP contribution in [0.15, 0.2) is 47.1 Å². The van der Waals surface area contributed by atoms with E-state index in [1.54, 1.807) is 12.3 Å². The number of anilines is 1. The number of aromatic nitrogens is 1. The number of halogens is 1. The molecule has 2 N–H and O–H groups in total. The van der Waals surface area contributed by atoms with Gasteiger partial charge in [0.2, 0.25) is 5.88 Å². The highest BCUT2D eigenvalue weighted by Crippen LogP contribution is 2.26. The minimum absolute atomic E-state index is 0.421. The van der Waals surface area contributed by atoms with E-state index >= 15 is 0 Å². The second-order valence-corrected chi connectivity index (χ2v) is 3.88. The Morgan fingerprint density at radius 1 is 1.20 bits per heavy atom. The summed E-state index contributed by atoms with van der Waals surface area (Å²) in [6.07, 6.45) is 1.65. The molecule has 2 aromatic rings. The molecule has 15 heavy (non-hydrogen) atoms. The molecule has 4 heteroatoms. The monoisotopic (exact) mass is 264 g/mol. The van der Waals surface area contributed by atoms with Crippen molar-refractivity contribution in [2.24, 2.45) is 0 Å². The predicted molar refractivity (Wildman–Crippen MR) is 62.9 cm³/mol. The van der Waals surface area contributed by atoms with Crippen molar-refractivity contribution in [3.63, 3.8) is 0 Å². The van der Waals surface area contributed by atoms with E-state index in [-0.39, 0.29) is 0 Å². The number of para-hydroxylation sites is 1. The lowest BCUT2D eigenvalue weighted by Crippen LogP contribution is -1.94. The van der Waals surface area contributed by atoms with Crippen LogP contribution in [0.1, 0.15) is 0 Å². The zero-order valence-corrected chi connectivity index (χ0v) is 9.44. The van der Waals surface area contributed by atoms with Crippen LogP contribution in [-0.4, -0.2) is 4.98 Å². The third-order valence-corrected chi connectivity index (χ3v) is 2.24. The van der Waals surface area contributed by atoms with Crippen LogP contribution in [0, 0.1) is 0 Å². The summed E-state index contributed by atoms with van der Waals surface area (Å²) in [6, 6.07) is 11.2. The molecule has 0 saturated heterocycles. The van der Waals surface area contributed by atoms with Gasteiger partial charge >= 0.3 is 0 Å². The van der Waals surface area contributed by atoms with E-state index in [0.29, 0.717) is 11.6 Å². The van der Waals surface area contributed by atoms with Gasteiger partial charge in [-0.25, -0.2) is 4.98 Å². The molecule has 1 heterocycles. The second-order valence-electron chi connectivity index (χ2n) is 2.96. The van der Waals surface area contributed by atoms with Crippen molar-refractivity contribution in [1.82, 2.24) is 4.98 Å². The van der Waals surface area contributed by atoms with Crippen LogP contribution < -0.4 is 10.5 Å². The molecular weight excluding hydrogens is 256 g/mol. The number of nitrogen functional groups attached to an aromatic ring is 1.